The summed E-state index contributed by atoms with van der Waals surface area (Å²) in [5, 5.41) is 10.3. The van der Waals surface area contributed by atoms with Gasteiger partial charge in [-0.1, -0.05) is 13.8 Å². The van der Waals surface area contributed by atoms with Gasteiger partial charge in [0.2, 0.25) is 10.0 Å². The third-order valence-corrected chi connectivity index (χ3v) is 5.77. The third kappa shape index (κ3) is 6.03. The lowest BCUT2D eigenvalue weighted by molar-refractivity contribution is 0.445. The summed E-state index contributed by atoms with van der Waals surface area (Å²) in [5.74, 6) is 0.671. The molecule has 0 saturated carbocycles. The molecule has 1 rings (SSSR count). The van der Waals surface area contributed by atoms with Crippen molar-refractivity contribution in [3.05, 3.63) is 22.4 Å². The van der Waals surface area contributed by atoms with Crippen LogP contribution in [-0.4, -0.2) is 51.1 Å². The molecule has 2 N–H and O–H groups in total. The molecule has 0 atom stereocenters. The first kappa shape index (κ1) is 17.9. The molecule has 1 aromatic rings. The Kier molecular flexibility index (Phi) is 7.69. The molecular formula is C13H24N4O2S2. The molecule has 0 aliphatic carbocycles. The minimum Gasteiger partial charge on any atom is -0.355 e. The SMILES string of the molecule is CCN(CC)S(=O)(=O)CCNC(=NC)NCc1ccsc1. The van der Waals surface area contributed by atoms with Crippen LogP contribution in [0.5, 0.6) is 0 Å². The first-order valence-corrected chi connectivity index (χ1v) is 9.52. The predicted molar refractivity (Wildman–Crippen MR) is 89.2 cm³/mol. The van der Waals surface area contributed by atoms with Crippen LogP contribution in [-0.2, 0) is 16.6 Å². The molecule has 0 spiro atoms. The van der Waals surface area contributed by atoms with E-state index in [2.05, 4.69) is 21.0 Å². The van der Waals surface area contributed by atoms with Crippen molar-refractivity contribution < 1.29 is 8.42 Å². The smallest absolute Gasteiger partial charge is 0.215 e. The molecule has 1 aromatic heterocycles. The summed E-state index contributed by atoms with van der Waals surface area (Å²) in [6, 6.07) is 2.04. The second-order valence-electron chi connectivity index (χ2n) is 4.38. The normalized spacial score (nSPS) is 12.7. The van der Waals surface area contributed by atoms with Gasteiger partial charge in [-0.05, 0) is 22.4 Å². The molecular weight excluding hydrogens is 308 g/mol. The van der Waals surface area contributed by atoms with Crippen molar-refractivity contribution in [1.29, 1.82) is 0 Å². The van der Waals surface area contributed by atoms with Gasteiger partial charge in [0, 0.05) is 33.2 Å². The minimum atomic E-state index is -3.19. The van der Waals surface area contributed by atoms with Gasteiger partial charge in [0.1, 0.15) is 0 Å². The summed E-state index contributed by atoms with van der Waals surface area (Å²) in [5.41, 5.74) is 1.18. The van der Waals surface area contributed by atoms with Crippen LogP contribution in [0.4, 0.5) is 0 Å². The van der Waals surface area contributed by atoms with E-state index in [0.717, 1.165) is 0 Å². The van der Waals surface area contributed by atoms with Crippen LogP contribution >= 0.6 is 11.3 Å². The standard InChI is InChI=1S/C13H24N4O2S2/c1-4-17(5-2)21(18,19)9-7-15-13(14-3)16-10-12-6-8-20-11-12/h6,8,11H,4-5,7,9-10H2,1-3H3,(H2,14,15,16). The van der Waals surface area contributed by atoms with Crippen LogP contribution in [0, 0.1) is 0 Å². The third-order valence-electron chi connectivity index (χ3n) is 3.01. The maximum atomic E-state index is 12.0. The van der Waals surface area contributed by atoms with Crippen LogP contribution in [0.25, 0.3) is 0 Å². The maximum Gasteiger partial charge on any atom is 0.215 e. The number of hydrogen-bond acceptors (Lipinski definition) is 4. The van der Waals surface area contributed by atoms with Gasteiger partial charge in [-0.25, -0.2) is 12.7 Å². The van der Waals surface area contributed by atoms with Crippen molar-refractivity contribution in [3.8, 4) is 0 Å². The highest BCUT2D eigenvalue weighted by molar-refractivity contribution is 7.89. The molecule has 0 saturated heterocycles. The summed E-state index contributed by atoms with van der Waals surface area (Å²) in [7, 11) is -1.53. The Morgan fingerprint density at radius 2 is 2.05 bits per heavy atom. The fourth-order valence-corrected chi connectivity index (χ4v) is 3.92. The zero-order valence-corrected chi connectivity index (χ0v) is 14.4. The van der Waals surface area contributed by atoms with Crippen LogP contribution in [0.3, 0.4) is 0 Å². The van der Waals surface area contributed by atoms with Crippen molar-refractivity contribution in [3.63, 3.8) is 0 Å². The fraction of sp³-hybridized carbons (Fsp3) is 0.615. The van der Waals surface area contributed by atoms with E-state index in [1.54, 1.807) is 18.4 Å². The van der Waals surface area contributed by atoms with Gasteiger partial charge in [-0.15, -0.1) is 0 Å². The number of guanidine groups is 1. The molecule has 0 aliphatic heterocycles. The van der Waals surface area contributed by atoms with E-state index >= 15 is 0 Å². The van der Waals surface area contributed by atoms with Gasteiger partial charge in [-0.3, -0.25) is 4.99 Å². The number of aliphatic imine (C=N–C) groups is 1. The molecule has 0 aromatic carbocycles. The lowest BCUT2D eigenvalue weighted by Crippen LogP contribution is -2.41. The molecule has 1 heterocycles. The summed E-state index contributed by atoms with van der Waals surface area (Å²) in [6.45, 7) is 5.70. The van der Waals surface area contributed by atoms with Crippen molar-refractivity contribution in [2.75, 3.05) is 32.4 Å². The molecule has 8 heteroatoms. The molecule has 120 valence electrons. The zero-order chi connectivity index (χ0) is 15.7. The predicted octanol–water partition coefficient (Wildman–Crippen LogP) is 1.08. The molecule has 21 heavy (non-hydrogen) atoms. The van der Waals surface area contributed by atoms with Gasteiger partial charge in [0.05, 0.1) is 5.75 Å². The van der Waals surface area contributed by atoms with Crippen LogP contribution in [0.2, 0.25) is 0 Å². The van der Waals surface area contributed by atoms with Crippen LogP contribution in [0.15, 0.2) is 21.8 Å². The highest BCUT2D eigenvalue weighted by atomic mass is 32.2. The van der Waals surface area contributed by atoms with Crippen molar-refractivity contribution in [2.24, 2.45) is 4.99 Å². The maximum absolute atomic E-state index is 12.0. The Hall–Kier alpha value is -1.12. The van der Waals surface area contributed by atoms with Crippen LogP contribution < -0.4 is 10.6 Å². The Balaban J connectivity index is 2.38. The lowest BCUT2D eigenvalue weighted by atomic mass is 10.3. The summed E-state index contributed by atoms with van der Waals surface area (Å²) in [6.07, 6.45) is 0. The van der Waals surface area contributed by atoms with E-state index in [1.165, 1.54) is 9.87 Å². The Labute approximate surface area is 131 Å². The average molecular weight is 332 g/mol. The van der Waals surface area contributed by atoms with Crippen molar-refractivity contribution in [2.45, 2.75) is 20.4 Å². The van der Waals surface area contributed by atoms with E-state index in [0.29, 0.717) is 32.1 Å². The molecule has 0 radical (unpaired) electrons. The minimum absolute atomic E-state index is 0.0633. The van der Waals surface area contributed by atoms with E-state index in [4.69, 9.17) is 0 Å². The largest absolute Gasteiger partial charge is 0.355 e. The first-order valence-electron chi connectivity index (χ1n) is 6.96. The average Bonchev–Trinajstić information content (AvgIpc) is 2.96. The van der Waals surface area contributed by atoms with Crippen LogP contribution in [0.1, 0.15) is 19.4 Å². The Morgan fingerprint density at radius 1 is 1.33 bits per heavy atom. The van der Waals surface area contributed by atoms with Gasteiger partial charge in [-0.2, -0.15) is 11.3 Å². The van der Waals surface area contributed by atoms with E-state index in [-0.39, 0.29) is 5.75 Å². The lowest BCUT2D eigenvalue weighted by Gasteiger charge is -2.19. The molecule has 0 unspecified atom stereocenters. The quantitative estimate of drug-likeness (QED) is 0.552. The first-order chi connectivity index (χ1) is 10.0. The number of nitrogens with zero attached hydrogens (tertiary/aromatic N) is 2. The Morgan fingerprint density at radius 3 is 2.57 bits per heavy atom. The summed E-state index contributed by atoms with van der Waals surface area (Å²) >= 11 is 1.64. The molecule has 6 nitrogen and oxygen atoms in total. The Bertz CT molecular complexity index is 522. The summed E-state index contributed by atoms with van der Waals surface area (Å²) < 4.78 is 25.5. The zero-order valence-electron chi connectivity index (χ0n) is 12.8. The second-order valence-corrected chi connectivity index (χ2v) is 7.25. The van der Waals surface area contributed by atoms with E-state index < -0.39 is 10.0 Å². The molecule has 0 amide bonds. The monoisotopic (exact) mass is 332 g/mol. The molecule has 0 bridgehead atoms. The van der Waals surface area contributed by atoms with Gasteiger partial charge in [0.25, 0.3) is 0 Å². The highest BCUT2D eigenvalue weighted by Gasteiger charge is 2.18. The number of thiophene rings is 1. The highest BCUT2D eigenvalue weighted by Crippen LogP contribution is 2.04. The van der Waals surface area contributed by atoms with E-state index in [1.807, 2.05) is 25.3 Å². The molecule has 0 aliphatic rings. The van der Waals surface area contributed by atoms with Crippen molar-refractivity contribution >= 4 is 27.3 Å². The van der Waals surface area contributed by atoms with Gasteiger partial charge >= 0.3 is 0 Å². The second kappa shape index (κ2) is 9.01. The molecule has 0 fully saturated rings. The summed E-state index contributed by atoms with van der Waals surface area (Å²) in [4.78, 5) is 4.08. The fourth-order valence-electron chi connectivity index (χ4n) is 1.84. The van der Waals surface area contributed by atoms with E-state index in [9.17, 15) is 8.42 Å². The number of sulfonamides is 1. The number of hydrogen-bond donors (Lipinski definition) is 2. The van der Waals surface area contributed by atoms with Gasteiger partial charge in [0.15, 0.2) is 5.96 Å². The van der Waals surface area contributed by atoms with Gasteiger partial charge < -0.3 is 10.6 Å². The number of nitrogens with one attached hydrogen (secondary N) is 2. The topological polar surface area (TPSA) is 73.8 Å². The number of rotatable bonds is 8. The van der Waals surface area contributed by atoms with Crippen molar-refractivity contribution in [1.82, 2.24) is 14.9 Å².